The van der Waals surface area contributed by atoms with Gasteiger partial charge in [0.15, 0.2) is 0 Å². The molecule has 0 spiro atoms. The zero-order valence-corrected chi connectivity index (χ0v) is 7.08. The van der Waals surface area contributed by atoms with Crippen molar-refractivity contribution in [1.29, 1.82) is 0 Å². The van der Waals surface area contributed by atoms with E-state index in [2.05, 4.69) is 5.32 Å². The Hall–Kier alpha value is -0.160. The van der Waals surface area contributed by atoms with Crippen molar-refractivity contribution in [3.8, 4) is 0 Å². The van der Waals surface area contributed by atoms with E-state index in [-0.39, 0.29) is 12.1 Å². The van der Waals surface area contributed by atoms with E-state index < -0.39 is 0 Å². The third kappa shape index (κ3) is 1.47. The van der Waals surface area contributed by atoms with Gasteiger partial charge in [-0.2, -0.15) is 0 Å². The molecule has 0 aromatic heterocycles. The van der Waals surface area contributed by atoms with Crippen LogP contribution in [0.2, 0.25) is 0 Å². The van der Waals surface area contributed by atoms with Crippen LogP contribution in [0.25, 0.3) is 0 Å². The Morgan fingerprint density at radius 2 is 2.25 bits per heavy atom. The van der Waals surface area contributed by atoms with E-state index >= 15 is 0 Å². The Morgan fingerprint density at radius 3 is 2.67 bits per heavy atom. The maximum atomic E-state index is 9.20. The van der Waals surface area contributed by atoms with Crippen LogP contribution in [0.5, 0.6) is 0 Å². The number of nitrogens with one attached hydrogen (secondary N) is 1. The molecule has 2 saturated heterocycles. The molecular weight excluding hydrogens is 158 g/mol. The third-order valence-corrected chi connectivity index (χ3v) is 2.55. The number of aliphatic hydroxyl groups excluding tert-OH is 1. The summed E-state index contributed by atoms with van der Waals surface area (Å²) in [5, 5.41) is 12.6. The number of ether oxygens (including phenoxy) is 2. The first kappa shape index (κ1) is 8.44. The van der Waals surface area contributed by atoms with E-state index in [0.29, 0.717) is 12.6 Å². The van der Waals surface area contributed by atoms with E-state index in [0.717, 1.165) is 26.2 Å². The highest BCUT2D eigenvalue weighted by Gasteiger charge is 2.37. The Labute approximate surface area is 71.9 Å². The summed E-state index contributed by atoms with van der Waals surface area (Å²) >= 11 is 0. The lowest BCUT2D eigenvalue weighted by Crippen LogP contribution is -2.59. The lowest BCUT2D eigenvalue weighted by molar-refractivity contribution is -0.0274. The van der Waals surface area contributed by atoms with E-state index in [1.807, 2.05) is 0 Å². The number of rotatable bonds is 3. The van der Waals surface area contributed by atoms with Crippen molar-refractivity contribution >= 4 is 0 Å². The largest absolute Gasteiger partial charge is 0.394 e. The van der Waals surface area contributed by atoms with Gasteiger partial charge in [0, 0.05) is 6.61 Å². The van der Waals surface area contributed by atoms with Gasteiger partial charge in [0.25, 0.3) is 0 Å². The molecule has 2 rings (SSSR count). The molecule has 1 atom stereocenters. The van der Waals surface area contributed by atoms with Crippen molar-refractivity contribution in [2.75, 3.05) is 33.0 Å². The fraction of sp³-hybridized carbons (Fsp3) is 1.00. The van der Waals surface area contributed by atoms with Crippen molar-refractivity contribution in [1.82, 2.24) is 5.32 Å². The summed E-state index contributed by atoms with van der Waals surface area (Å²) in [4.78, 5) is 0. The van der Waals surface area contributed by atoms with Crippen molar-refractivity contribution in [3.63, 3.8) is 0 Å². The number of hydrogen-bond acceptors (Lipinski definition) is 4. The second-order valence-electron chi connectivity index (χ2n) is 3.62. The predicted molar refractivity (Wildman–Crippen MR) is 43.0 cm³/mol. The summed E-state index contributed by atoms with van der Waals surface area (Å²) in [6, 6.07) is 0.416. The molecule has 4 heteroatoms. The molecule has 12 heavy (non-hydrogen) atoms. The first-order valence-corrected chi connectivity index (χ1v) is 4.39. The summed E-state index contributed by atoms with van der Waals surface area (Å²) in [5.41, 5.74) is -0.186. The molecule has 0 bridgehead atoms. The smallest absolute Gasteiger partial charge is 0.0676 e. The maximum absolute atomic E-state index is 9.20. The van der Waals surface area contributed by atoms with Gasteiger partial charge in [0.1, 0.15) is 0 Å². The number of aliphatic hydroxyl groups is 1. The van der Waals surface area contributed by atoms with Crippen LogP contribution in [0.4, 0.5) is 0 Å². The molecule has 0 aliphatic carbocycles. The fourth-order valence-corrected chi connectivity index (χ4v) is 1.64. The average molecular weight is 173 g/mol. The lowest BCUT2D eigenvalue weighted by atomic mass is 9.98. The van der Waals surface area contributed by atoms with Crippen LogP contribution in [-0.2, 0) is 9.47 Å². The monoisotopic (exact) mass is 173 g/mol. The van der Waals surface area contributed by atoms with Gasteiger partial charge in [0.05, 0.1) is 38.0 Å². The van der Waals surface area contributed by atoms with E-state index in [9.17, 15) is 5.11 Å². The standard InChI is InChI=1S/C8H15NO3/c10-5-8(1-2-11-6-8)9-7-3-12-4-7/h7,9-10H,1-6H2. The highest BCUT2D eigenvalue weighted by molar-refractivity contribution is 4.95. The zero-order valence-electron chi connectivity index (χ0n) is 7.08. The van der Waals surface area contributed by atoms with E-state index in [1.165, 1.54) is 0 Å². The Kier molecular flexibility index (Phi) is 2.32. The number of hydrogen-bond donors (Lipinski definition) is 2. The van der Waals surface area contributed by atoms with Gasteiger partial charge in [0.2, 0.25) is 0 Å². The van der Waals surface area contributed by atoms with Crippen LogP contribution in [0.1, 0.15) is 6.42 Å². The quantitative estimate of drug-likeness (QED) is 0.582. The first-order valence-electron chi connectivity index (χ1n) is 4.39. The molecule has 70 valence electrons. The second-order valence-corrected chi connectivity index (χ2v) is 3.62. The SMILES string of the molecule is OCC1(NC2COC2)CCOC1. The van der Waals surface area contributed by atoms with E-state index in [4.69, 9.17) is 9.47 Å². The molecular formula is C8H15NO3. The molecule has 2 heterocycles. The molecule has 1 unspecified atom stereocenters. The molecule has 0 radical (unpaired) electrons. The summed E-state index contributed by atoms with van der Waals surface area (Å²) in [6.07, 6.45) is 0.903. The zero-order chi connectivity index (χ0) is 8.44. The normalized spacial score (nSPS) is 36.8. The van der Waals surface area contributed by atoms with Gasteiger partial charge in [-0.1, -0.05) is 0 Å². The molecule has 4 nitrogen and oxygen atoms in total. The average Bonchev–Trinajstić information content (AvgIpc) is 2.46. The van der Waals surface area contributed by atoms with Gasteiger partial charge in [-0.25, -0.2) is 0 Å². The molecule has 0 saturated carbocycles. The predicted octanol–water partition coefficient (Wildman–Crippen LogP) is -0.874. The van der Waals surface area contributed by atoms with Gasteiger partial charge < -0.3 is 14.6 Å². The summed E-state index contributed by atoms with van der Waals surface area (Å²) in [5.74, 6) is 0. The highest BCUT2D eigenvalue weighted by atomic mass is 16.5. The van der Waals surface area contributed by atoms with Crippen molar-refractivity contribution in [3.05, 3.63) is 0 Å². The minimum atomic E-state index is -0.186. The minimum absolute atomic E-state index is 0.156. The molecule has 2 N–H and O–H groups in total. The van der Waals surface area contributed by atoms with Crippen LogP contribution in [0, 0.1) is 0 Å². The molecule has 0 aromatic carbocycles. The second kappa shape index (κ2) is 3.30. The van der Waals surface area contributed by atoms with Gasteiger partial charge in [-0.05, 0) is 6.42 Å². The fourth-order valence-electron chi connectivity index (χ4n) is 1.64. The van der Waals surface area contributed by atoms with Crippen molar-refractivity contribution in [2.24, 2.45) is 0 Å². The van der Waals surface area contributed by atoms with Crippen LogP contribution in [-0.4, -0.2) is 49.7 Å². The molecule has 0 amide bonds. The minimum Gasteiger partial charge on any atom is -0.394 e. The van der Waals surface area contributed by atoms with Crippen LogP contribution < -0.4 is 5.32 Å². The first-order chi connectivity index (χ1) is 5.85. The van der Waals surface area contributed by atoms with Crippen LogP contribution >= 0.6 is 0 Å². The van der Waals surface area contributed by atoms with Crippen molar-refractivity contribution < 1.29 is 14.6 Å². The summed E-state index contributed by atoms with van der Waals surface area (Å²) < 4.78 is 10.3. The van der Waals surface area contributed by atoms with Crippen molar-refractivity contribution in [2.45, 2.75) is 18.0 Å². The summed E-state index contributed by atoms with van der Waals surface area (Å²) in [7, 11) is 0. The third-order valence-electron chi connectivity index (χ3n) is 2.55. The Morgan fingerprint density at radius 1 is 1.42 bits per heavy atom. The molecule has 0 aromatic rings. The van der Waals surface area contributed by atoms with Gasteiger partial charge >= 0.3 is 0 Å². The molecule has 2 fully saturated rings. The molecule has 2 aliphatic heterocycles. The van der Waals surface area contributed by atoms with Gasteiger partial charge in [-0.3, -0.25) is 5.32 Å². The maximum Gasteiger partial charge on any atom is 0.0676 e. The lowest BCUT2D eigenvalue weighted by Gasteiger charge is -2.36. The highest BCUT2D eigenvalue weighted by Crippen LogP contribution is 2.20. The Bertz CT molecular complexity index is 152. The molecule has 2 aliphatic rings. The summed E-state index contributed by atoms with van der Waals surface area (Å²) in [6.45, 7) is 3.06. The van der Waals surface area contributed by atoms with Gasteiger partial charge in [-0.15, -0.1) is 0 Å². The van der Waals surface area contributed by atoms with Crippen LogP contribution in [0.15, 0.2) is 0 Å². The van der Waals surface area contributed by atoms with Crippen LogP contribution in [0.3, 0.4) is 0 Å². The topological polar surface area (TPSA) is 50.7 Å². The van der Waals surface area contributed by atoms with E-state index in [1.54, 1.807) is 0 Å². The Balaban J connectivity index is 1.87.